The number of rotatable bonds is 2. The molecule has 0 aliphatic carbocycles. The first-order valence-electron chi connectivity index (χ1n) is 5.31. The van der Waals surface area contributed by atoms with Crippen LogP contribution in [0.3, 0.4) is 0 Å². The molecular weight excluding hydrogens is 164 g/mol. The van der Waals surface area contributed by atoms with E-state index in [9.17, 15) is 0 Å². The summed E-state index contributed by atoms with van der Waals surface area (Å²) >= 11 is 0. The standard InChI is InChI=1S/C10H20N2O/c1-11-3-2-9-7-12(4-5-13)8-10(9)6-11/h9-10,13H,2-8H2,1H3. The number of aliphatic hydroxyl groups is 1. The van der Waals surface area contributed by atoms with Crippen LogP contribution in [0.25, 0.3) is 0 Å². The third kappa shape index (κ3) is 2.03. The summed E-state index contributed by atoms with van der Waals surface area (Å²) in [7, 11) is 2.21. The minimum Gasteiger partial charge on any atom is -0.395 e. The monoisotopic (exact) mass is 184 g/mol. The van der Waals surface area contributed by atoms with E-state index in [0.29, 0.717) is 6.61 Å². The fourth-order valence-corrected chi connectivity index (χ4v) is 2.77. The smallest absolute Gasteiger partial charge is 0.0558 e. The van der Waals surface area contributed by atoms with Gasteiger partial charge < -0.3 is 14.9 Å². The van der Waals surface area contributed by atoms with Crippen LogP contribution in [0.5, 0.6) is 0 Å². The SMILES string of the molecule is CN1CCC2CN(CCO)CC2C1. The molecule has 0 amide bonds. The molecule has 2 atom stereocenters. The molecule has 0 aromatic carbocycles. The predicted molar refractivity (Wildman–Crippen MR) is 52.6 cm³/mol. The van der Waals surface area contributed by atoms with Gasteiger partial charge in [0.15, 0.2) is 0 Å². The first kappa shape index (κ1) is 9.44. The largest absolute Gasteiger partial charge is 0.395 e. The van der Waals surface area contributed by atoms with Crippen molar-refractivity contribution in [1.29, 1.82) is 0 Å². The quantitative estimate of drug-likeness (QED) is 0.647. The minimum absolute atomic E-state index is 0.315. The van der Waals surface area contributed by atoms with Crippen molar-refractivity contribution < 1.29 is 5.11 Å². The summed E-state index contributed by atoms with van der Waals surface area (Å²) in [4.78, 5) is 4.85. The van der Waals surface area contributed by atoms with Crippen molar-refractivity contribution in [1.82, 2.24) is 9.80 Å². The van der Waals surface area contributed by atoms with Gasteiger partial charge in [-0.1, -0.05) is 0 Å². The number of β-amino-alcohol motifs (C(OH)–C–C–N with tert-alkyl or cyclic N) is 1. The van der Waals surface area contributed by atoms with Gasteiger partial charge in [0.1, 0.15) is 0 Å². The second-order valence-electron chi connectivity index (χ2n) is 4.55. The van der Waals surface area contributed by atoms with Crippen LogP contribution in [0.2, 0.25) is 0 Å². The van der Waals surface area contributed by atoms with Crippen molar-refractivity contribution in [3.8, 4) is 0 Å². The zero-order valence-corrected chi connectivity index (χ0v) is 8.45. The Hall–Kier alpha value is -0.120. The number of nitrogens with zero attached hydrogens (tertiary/aromatic N) is 2. The highest BCUT2D eigenvalue weighted by Crippen LogP contribution is 2.29. The molecule has 3 heteroatoms. The summed E-state index contributed by atoms with van der Waals surface area (Å²) in [6, 6.07) is 0. The molecule has 2 aliphatic heterocycles. The first-order chi connectivity index (χ1) is 6.29. The molecule has 76 valence electrons. The van der Waals surface area contributed by atoms with Crippen molar-refractivity contribution >= 4 is 0 Å². The molecule has 0 bridgehead atoms. The highest BCUT2D eigenvalue weighted by atomic mass is 16.3. The topological polar surface area (TPSA) is 26.7 Å². The van der Waals surface area contributed by atoms with E-state index >= 15 is 0 Å². The highest BCUT2D eigenvalue weighted by molar-refractivity contribution is 4.88. The van der Waals surface area contributed by atoms with Crippen LogP contribution in [0.1, 0.15) is 6.42 Å². The Kier molecular flexibility index (Phi) is 2.86. The van der Waals surface area contributed by atoms with E-state index in [1.165, 1.54) is 32.6 Å². The van der Waals surface area contributed by atoms with Gasteiger partial charge in [-0.2, -0.15) is 0 Å². The number of aliphatic hydroxyl groups excluding tert-OH is 1. The van der Waals surface area contributed by atoms with Crippen molar-refractivity contribution in [3.05, 3.63) is 0 Å². The van der Waals surface area contributed by atoms with Crippen molar-refractivity contribution in [3.63, 3.8) is 0 Å². The molecule has 0 spiro atoms. The van der Waals surface area contributed by atoms with E-state index in [2.05, 4.69) is 16.8 Å². The third-order valence-electron chi connectivity index (χ3n) is 3.50. The summed E-state index contributed by atoms with van der Waals surface area (Å²) in [6.07, 6.45) is 1.35. The Bertz CT molecular complexity index is 174. The highest BCUT2D eigenvalue weighted by Gasteiger charge is 2.35. The van der Waals surface area contributed by atoms with E-state index < -0.39 is 0 Å². The number of hydrogen-bond donors (Lipinski definition) is 1. The van der Waals surface area contributed by atoms with E-state index in [1.54, 1.807) is 0 Å². The minimum atomic E-state index is 0.315. The zero-order valence-electron chi connectivity index (χ0n) is 8.45. The lowest BCUT2D eigenvalue weighted by Crippen LogP contribution is -2.37. The lowest BCUT2D eigenvalue weighted by Gasteiger charge is -2.31. The van der Waals surface area contributed by atoms with Crippen LogP contribution in [0.15, 0.2) is 0 Å². The second kappa shape index (κ2) is 3.95. The lowest BCUT2D eigenvalue weighted by molar-refractivity contribution is 0.178. The number of fused-ring (bicyclic) bond motifs is 1. The molecule has 2 aliphatic rings. The molecule has 0 aromatic heterocycles. The lowest BCUT2D eigenvalue weighted by atomic mass is 9.89. The van der Waals surface area contributed by atoms with Crippen molar-refractivity contribution in [2.75, 3.05) is 46.4 Å². The average molecular weight is 184 g/mol. The van der Waals surface area contributed by atoms with Crippen LogP contribution >= 0.6 is 0 Å². The summed E-state index contributed by atoms with van der Waals surface area (Å²) in [6.45, 7) is 6.13. The molecular formula is C10H20N2O. The van der Waals surface area contributed by atoms with Gasteiger partial charge in [-0.15, -0.1) is 0 Å². The van der Waals surface area contributed by atoms with E-state index in [4.69, 9.17) is 5.11 Å². The van der Waals surface area contributed by atoms with Gasteiger partial charge in [0.25, 0.3) is 0 Å². The van der Waals surface area contributed by atoms with Gasteiger partial charge in [0.05, 0.1) is 6.61 Å². The normalized spacial score (nSPS) is 36.5. The number of likely N-dealkylation sites (tertiary alicyclic amines) is 2. The maximum Gasteiger partial charge on any atom is 0.0558 e. The Morgan fingerprint density at radius 2 is 2.00 bits per heavy atom. The first-order valence-corrected chi connectivity index (χ1v) is 5.31. The summed E-state index contributed by atoms with van der Waals surface area (Å²) < 4.78 is 0. The van der Waals surface area contributed by atoms with Crippen molar-refractivity contribution in [2.24, 2.45) is 11.8 Å². The number of hydrogen-bond acceptors (Lipinski definition) is 3. The Morgan fingerprint density at radius 3 is 2.77 bits per heavy atom. The van der Waals surface area contributed by atoms with E-state index in [1.807, 2.05) is 0 Å². The maximum atomic E-state index is 8.86. The van der Waals surface area contributed by atoms with Gasteiger partial charge >= 0.3 is 0 Å². The summed E-state index contributed by atoms with van der Waals surface area (Å²) in [5.74, 6) is 1.77. The molecule has 2 unspecified atom stereocenters. The molecule has 2 saturated heterocycles. The van der Waals surface area contributed by atoms with Crippen LogP contribution < -0.4 is 0 Å². The van der Waals surface area contributed by atoms with Crippen LogP contribution in [-0.2, 0) is 0 Å². The van der Waals surface area contributed by atoms with Crippen LogP contribution in [0, 0.1) is 11.8 Å². The molecule has 0 aromatic rings. The third-order valence-corrected chi connectivity index (χ3v) is 3.50. The fourth-order valence-electron chi connectivity index (χ4n) is 2.77. The molecule has 1 N–H and O–H groups in total. The summed E-state index contributed by atoms with van der Waals surface area (Å²) in [5.41, 5.74) is 0. The average Bonchev–Trinajstić information content (AvgIpc) is 2.46. The predicted octanol–water partition coefficient (Wildman–Crippen LogP) is -0.138. The molecule has 2 heterocycles. The Morgan fingerprint density at radius 1 is 1.23 bits per heavy atom. The maximum absolute atomic E-state index is 8.86. The van der Waals surface area contributed by atoms with Crippen LogP contribution in [0.4, 0.5) is 0 Å². The molecule has 2 fully saturated rings. The molecule has 13 heavy (non-hydrogen) atoms. The van der Waals surface area contributed by atoms with E-state index in [0.717, 1.165) is 18.4 Å². The fraction of sp³-hybridized carbons (Fsp3) is 1.00. The second-order valence-corrected chi connectivity index (χ2v) is 4.55. The van der Waals surface area contributed by atoms with Crippen molar-refractivity contribution in [2.45, 2.75) is 6.42 Å². The van der Waals surface area contributed by atoms with Gasteiger partial charge in [0.2, 0.25) is 0 Å². The number of piperidine rings is 1. The molecule has 3 nitrogen and oxygen atoms in total. The summed E-state index contributed by atoms with van der Waals surface area (Å²) in [5, 5.41) is 8.86. The van der Waals surface area contributed by atoms with Gasteiger partial charge in [0, 0.05) is 26.2 Å². The Labute approximate surface area is 80.3 Å². The zero-order chi connectivity index (χ0) is 9.26. The Balaban J connectivity index is 1.87. The van der Waals surface area contributed by atoms with Crippen LogP contribution in [-0.4, -0.2) is 61.3 Å². The molecule has 0 radical (unpaired) electrons. The van der Waals surface area contributed by atoms with Gasteiger partial charge in [-0.25, -0.2) is 0 Å². The van der Waals surface area contributed by atoms with E-state index in [-0.39, 0.29) is 0 Å². The van der Waals surface area contributed by atoms with Gasteiger partial charge in [-0.3, -0.25) is 0 Å². The molecule has 2 rings (SSSR count). The van der Waals surface area contributed by atoms with Gasteiger partial charge in [-0.05, 0) is 31.8 Å². The molecule has 0 saturated carbocycles.